The fraction of sp³-hybridized carbons (Fsp3) is 1.00. The molecule has 0 spiro atoms. The molecule has 1 saturated carbocycles. The summed E-state index contributed by atoms with van der Waals surface area (Å²) in [7, 11) is 0. The lowest BCUT2D eigenvalue weighted by Crippen LogP contribution is -2.28. The molecule has 1 fully saturated rings. The van der Waals surface area contributed by atoms with E-state index in [0.717, 1.165) is 0 Å². The van der Waals surface area contributed by atoms with Crippen molar-refractivity contribution in [2.75, 3.05) is 6.54 Å². The summed E-state index contributed by atoms with van der Waals surface area (Å²) >= 11 is 0. The number of nitrogens with one attached hydrogen (secondary N) is 1. The highest BCUT2D eigenvalue weighted by atomic mass is 15.0. The SMILES string of the molecule is CCCCNC1(C)CC1. The van der Waals surface area contributed by atoms with Gasteiger partial charge in [-0.15, -0.1) is 0 Å². The van der Waals surface area contributed by atoms with Crippen LogP contribution in [0.4, 0.5) is 0 Å². The van der Waals surface area contributed by atoms with E-state index in [1.807, 2.05) is 0 Å². The number of unbranched alkanes of at least 4 members (excludes halogenated alkanes) is 1. The summed E-state index contributed by atoms with van der Waals surface area (Å²) in [5.74, 6) is 0. The maximum atomic E-state index is 3.53. The molecule has 54 valence electrons. The van der Waals surface area contributed by atoms with Gasteiger partial charge in [0.1, 0.15) is 0 Å². The second kappa shape index (κ2) is 2.70. The topological polar surface area (TPSA) is 12.0 Å². The van der Waals surface area contributed by atoms with Crippen LogP contribution in [-0.2, 0) is 0 Å². The van der Waals surface area contributed by atoms with Crippen molar-refractivity contribution in [2.24, 2.45) is 0 Å². The van der Waals surface area contributed by atoms with Crippen LogP contribution in [0.25, 0.3) is 0 Å². The van der Waals surface area contributed by atoms with Crippen molar-refractivity contribution in [1.82, 2.24) is 5.32 Å². The van der Waals surface area contributed by atoms with Crippen LogP contribution in [0.5, 0.6) is 0 Å². The van der Waals surface area contributed by atoms with Gasteiger partial charge in [-0.3, -0.25) is 0 Å². The molecule has 0 radical (unpaired) electrons. The molecule has 1 aliphatic carbocycles. The van der Waals surface area contributed by atoms with Crippen molar-refractivity contribution in [3.05, 3.63) is 0 Å². The molecule has 1 rings (SSSR count). The van der Waals surface area contributed by atoms with Crippen LogP contribution in [0.15, 0.2) is 0 Å². The van der Waals surface area contributed by atoms with Gasteiger partial charge < -0.3 is 5.32 Å². The molecule has 0 atom stereocenters. The third kappa shape index (κ3) is 2.35. The fourth-order valence-corrected chi connectivity index (χ4v) is 0.931. The van der Waals surface area contributed by atoms with E-state index in [4.69, 9.17) is 0 Å². The molecule has 0 aromatic heterocycles. The molecule has 1 aliphatic rings. The lowest BCUT2D eigenvalue weighted by molar-refractivity contribution is 0.523. The predicted octanol–water partition coefficient (Wildman–Crippen LogP) is 1.93. The van der Waals surface area contributed by atoms with E-state index >= 15 is 0 Å². The maximum Gasteiger partial charge on any atom is 0.0154 e. The molecule has 0 saturated heterocycles. The maximum absolute atomic E-state index is 3.53. The second-order valence-corrected chi connectivity index (χ2v) is 3.34. The zero-order chi connectivity index (χ0) is 6.74. The molecule has 9 heavy (non-hydrogen) atoms. The first-order valence-corrected chi connectivity index (χ1v) is 4.02. The largest absolute Gasteiger partial charge is 0.312 e. The molecule has 0 amide bonds. The second-order valence-electron chi connectivity index (χ2n) is 3.34. The van der Waals surface area contributed by atoms with Crippen molar-refractivity contribution in [2.45, 2.75) is 45.1 Å². The Morgan fingerprint density at radius 3 is 2.56 bits per heavy atom. The van der Waals surface area contributed by atoms with Gasteiger partial charge in [0.25, 0.3) is 0 Å². The molecular weight excluding hydrogens is 110 g/mol. The minimum Gasteiger partial charge on any atom is -0.312 e. The molecule has 0 aliphatic heterocycles. The van der Waals surface area contributed by atoms with Crippen LogP contribution in [0.1, 0.15) is 39.5 Å². The molecule has 0 aromatic carbocycles. The number of hydrogen-bond donors (Lipinski definition) is 1. The highest BCUT2D eigenvalue weighted by molar-refractivity contribution is 4.96. The van der Waals surface area contributed by atoms with Crippen molar-refractivity contribution in [1.29, 1.82) is 0 Å². The van der Waals surface area contributed by atoms with E-state index in [9.17, 15) is 0 Å². The van der Waals surface area contributed by atoms with E-state index in [1.165, 1.54) is 32.2 Å². The molecule has 0 bridgehead atoms. The Kier molecular flexibility index (Phi) is 2.12. The van der Waals surface area contributed by atoms with Gasteiger partial charge in [-0.2, -0.15) is 0 Å². The Morgan fingerprint density at radius 1 is 1.44 bits per heavy atom. The van der Waals surface area contributed by atoms with Crippen molar-refractivity contribution >= 4 is 0 Å². The van der Waals surface area contributed by atoms with Gasteiger partial charge >= 0.3 is 0 Å². The van der Waals surface area contributed by atoms with E-state index in [0.29, 0.717) is 5.54 Å². The molecule has 0 aromatic rings. The first-order chi connectivity index (χ1) is 4.27. The lowest BCUT2D eigenvalue weighted by Gasteiger charge is -2.09. The van der Waals surface area contributed by atoms with Crippen LogP contribution in [0.2, 0.25) is 0 Å². The van der Waals surface area contributed by atoms with E-state index < -0.39 is 0 Å². The van der Waals surface area contributed by atoms with Crippen LogP contribution < -0.4 is 5.32 Å². The van der Waals surface area contributed by atoms with Gasteiger partial charge in [-0.25, -0.2) is 0 Å². The highest BCUT2D eigenvalue weighted by Gasteiger charge is 2.35. The average molecular weight is 127 g/mol. The van der Waals surface area contributed by atoms with Crippen LogP contribution >= 0.6 is 0 Å². The third-order valence-electron chi connectivity index (χ3n) is 2.08. The lowest BCUT2D eigenvalue weighted by atomic mass is 10.3. The molecule has 0 heterocycles. The summed E-state index contributed by atoms with van der Waals surface area (Å²) in [6, 6.07) is 0. The van der Waals surface area contributed by atoms with Crippen LogP contribution in [0.3, 0.4) is 0 Å². The Hall–Kier alpha value is -0.0400. The van der Waals surface area contributed by atoms with Crippen LogP contribution in [0, 0.1) is 0 Å². The molecular formula is C8H17N. The van der Waals surface area contributed by atoms with Crippen molar-refractivity contribution in [3.8, 4) is 0 Å². The zero-order valence-electron chi connectivity index (χ0n) is 6.54. The quantitative estimate of drug-likeness (QED) is 0.569. The van der Waals surface area contributed by atoms with Crippen molar-refractivity contribution in [3.63, 3.8) is 0 Å². The zero-order valence-corrected chi connectivity index (χ0v) is 6.54. The summed E-state index contributed by atoms with van der Waals surface area (Å²) in [5, 5.41) is 3.53. The van der Waals surface area contributed by atoms with Gasteiger partial charge in [0.05, 0.1) is 0 Å². The number of hydrogen-bond acceptors (Lipinski definition) is 1. The highest BCUT2D eigenvalue weighted by Crippen LogP contribution is 2.33. The third-order valence-corrected chi connectivity index (χ3v) is 2.08. The van der Waals surface area contributed by atoms with E-state index in [-0.39, 0.29) is 0 Å². The van der Waals surface area contributed by atoms with Crippen molar-refractivity contribution < 1.29 is 0 Å². The average Bonchev–Trinajstić information content (AvgIpc) is 2.50. The summed E-state index contributed by atoms with van der Waals surface area (Å²) in [4.78, 5) is 0. The smallest absolute Gasteiger partial charge is 0.0154 e. The Labute approximate surface area is 57.8 Å². The normalized spacial score (nSPS) is 22.0. The summed E-state index contributed by atoms with van der Waals surface area (Å²) in [5.41, 5.74) is 0.551. The molecule has 1 heteroatoms. The fourth-order valence-electron chi connectivity index (χ4n) is 0.931. The van der Waals surface area contributed by atoms with Gasteiger partial charge in [0, 0.05) is 5.54 Å². The summed E-state index contributed by atoms with van der Waals surface area (Å²) in [6.45, 7) is 5.76. The molecule has 0 unspecified atom stereocenters. The first kappa shape index (κ1) is 7.07. The van der Waals surface area contributed by atoms with Gasteiger partial charge in [-0.05, 0) is 32.7 Å². The standard InChI is InChI=1S/C8H17N/c1-3-4-7-9-8(2)5-6-8/h9H,3-7H2,1-2H3. The molecule has 1 N–H and O–H groups in total. The minimum absolute atomic E-state index is 0.551. The predicted molar refractivity (Wildman–Crippen MR) is 40.5 cm³/mol. The van der Waals surface area contributed by atoms with Gasteiger partial charge in [0.2, 0.25) is 0 Å². The summed E-state index contributed by atoms with van der Waals surface area (Å²) < 4.78 is 0. The Bertz CT molecular complexity index is 84.6. The van der Waals surface area contributed by atoms with Gasteiger partial charge in [0.15, 0.2) is 0 Å². The van der Waals surface area contributed by atoms with E-state index in [2.05, 4.69) is 19.2 Å². The van der Waals surface area contributed by atoms with Crippen LogP contribution in [-0.4, -0.2) is 12.1 Å². The number of rotatable bonds is 4. The summed E-state index contributed by atoms with van der Waals surface area (Å²) in [6.07, 6.45) is 5.41. The Morgan fingerprint density at radius 2 is 2.11 bits per heavy atom. The van der Waals surface area contributed by atoms with Gasteiger partial charge in [-0.1, -0.05) is 13.3 Å². The Balaban J connectivity index is 1.92. The monoisotopic (exact) mass is 127 g/mol. The van der Waals surface area contributed by atoms with E-state index in [1.54, 1.807) is 0 Å². The minimum atomic E-state index is 0.551. The first-order valence-electron chi connectivity index (χ1n) is 4.02. The molecule has 1 nitrogen and oxygen atoms in total.